The lowest BCUT2D eigenvalue weighted by molar-refractivity contribution is 0.0914. The molecule has 7 heteroatoms. The van der Waals surface area contributed by atoms with Crippen LogP contribution in [0.3, 0.4) is 0 Å². The zero-order valence-corrected chi connectivity index (χ0v) is 15.1. The van der Waals surface area contributed by atoms with Crippen LogP contribution in [-0.2, 0) is 6.54 Å². The van der Waals surface area contributed by atoms with Gasteiger partial charge in [-0.1, -0.05) is 41.6 Å². The second-order valence-corrected chi connectivity index (χ2v) is 6.26. The third-order valence-corrected chi connectivity index (χ3v) is 4.35. The first-order chi connectivity index (χ1) is 13.6. The second-order valence-electron chi connectivity index (χ2n) is 6.26. The lowest BCUT2D eigenvalue weighted by Crippen LogP contribution is -2.22. The fourth-order valence-corrected chi connectivity index (χ4v) is 2.88. The van der Waals surface area contributed by atoms with E-state index in [0.717, 1.165) is 5.56 Å². The topological polar surface area (TPSA) is 73.0 Å². The van der Waals surface area contributed by atoms with Gasteiger partial charge in [0.25, 0.3) is 5.91 Å². The van der Waals surface area contributed by atoms with Crippen LogP contribution in [0.4, 0.5) is 4.39 Å². The average Bonchev–Trinajstić information content (AvgIpc) is 3.36. The Balaban J connectivity index is 1.43. The molecule has 2 aromatic heterocycles. The number of aromatic nitrogens is 3. The molecule has 28 heavy (non-hydrogen) atoms. The smallest absolute Gasteiger partial charge is 0.290 e. The lowest BCUT2D eigenvalue weighted by Gasteiger charge is -2.09. The summed E-state index contributed by atoms with van der Waals surface area (Å²) in [4.78, 5) is 16.4. The van der Waals surface area contributed by atoms with Crippen LogP contribution >= 0.6 is 0 Å². The molecule has 6 nitrogen and oxygen atoms in total. The minimum atomic E-state index is -0.412. The number of nitrogens with one attached hydrogen (secondary N) is 1. The summed E-state index contributed by atoms with van der Waals surface area (Å²) in [5, 5.41) is 6.63. The number of rotatable bonds is 5. The summed E-state index contributed by atoms with van der Waals surface area (Å²) in [5.74, 6) is -0.00650. The summed E-state index contributed by atoms with van der Waals surface area (Å²) < 4.78 is 21.2. The molecule has 0 atom stereocenters. The molecule has 1 amide bonds. The normalized spacial score (nSPS) is 10.8. The molecule has 140 valence electrons. The summed E-state index contributed by atoms with van der Waals surface area (Å²) >= 11 is 0. The Kier molecular flexibility index (Phi) is 4.72. The number of aryl methyl sites for hydroxylation is 1. The molecular weight excluding hydrogens is 359 g/mol. The van der Waals surface area contributed by atoms with Gasteiger partial charge >= 0.3 is 0 Å². The van der Waals surface area contributed by atoms with Crippen molar-refractivity contribution in [3.63, 3.8) is 0 Å². The van der Waals surface area contributed by atoms with E-state index in [0.29, 0.717) is 22.8 Å². The Morgan fingerprint density at radius 2 is 2.00 bits per heavy atom. The third-order valence-electron chi connectivity index (χ3n) is 4.35. The predicted molar refractivity (Wildman–Crippen MR) is 101 cm³/mol. The molecule has 2 heterocycles. The van der Waals surface area contributed by atoms with Crippen LogP contribution in [0.5, 0.6) is 0 Å². The summed E-state index contributed by atoms with van der Waals surface area (Å²) in [7, 11) is 0. The number of benzene rings is 2. The summed E-state index contributed by atoms with van der Waals surface area (Å²) in [6, 6.07) is 15.8. The maximum Gasteiger partial charge on any atom is 0.290 e. The van der Waals surface area contributed by atoms with Gasteiger partial charge in [0.1, 0.15) is 17.3 Å². The van der Waals surface area contributed by atoms with E-state index in [-0.39, 0.29) is 18.1 Å². The van der Waals surface area contributed by atoms with Gasteiger partial charge in [0, 0.05) is 30.6 Å². The highest BCUT2D eigenvalue weighted by molar-refractivity contribution is 5.92. The molecule has 4 rings (SSSR count). The molecule has 0 aliphatic heterocycles. The Bertz CT molecular complexity index is 1120. The standard InChI is InChI=1S/C21H17FN4O2/c1-14-23-9-10-26(14)19-8-7-15(11-17(19)22)13-24-21(27)20-12-18(25-28-20)16-5-3-2-4-6-16/h2-12H,13H2,1H3,(H,24,27). The van der Waals surface area contributed by atoms with E-state index in [1.165, 1.54) is 6.07 Å². The summed E-state index contributed by atoms with van der Waals surface area (Å²) in [6.45, 7) is 1.97. The van der Waals surface area contributed by atoms with E-state index in [1.54, 1.807) is 42.1 Å². The van der Waals surface area contributed by atoms with Crippen molar-refractivity contribution >= 4 is 5.91 Å². The number of nitrogens with zero attached hydrogens (tertiary/aromatic N) is 3. The number of carbonyl (C=O) groups excluding carboxylic acids is 1. The van der Waals surface area contributed by atoms with Gasteiger partial charge in [0.2, 0.25) is 5.76 Å². The number of hydrogen-bond acceptors (Lipinski definition) is 4. The highest BCUT2D eigenvalue weighted by atomic mass is 19.1. The van der Waals surface area contributed by atoms with Crippen LogP contribution < -0.4 is 5.32 Å². The van der Waals surface area contributed by atoms with E-state index in [4.69, 9.17) is 4.52 Å². The molecule has 0 aliphatic carbocycles. The van der Waals surface area contributed by atoms with E-state index in [1.807, 2.05) is 30.3 Å². The SMILES string of the molecule is Cc1nccn1-c1ccc(CNC(=O)c2cc(-c3ccccc3)no2)cc1F. The molecule has 0 radical (unpaired) electrons. The van der Waals surface area contributed by atoms with Crippen LogP contribution in [0.1, 0.15) is 21.9 Å². The van der Waals surface area contributed by atoms with Gasteiger partial charge in [0.15, 0.2) is 0 Å². The minimum absolute atomic E-state index is 0.102. The van der Waals surface area contributed by atoms with Crippen molar-refractivity contribution in [2.45, 2.75) is 13.5 Å². The number of halogens is 1. The Labute approximate surface area is 160 Å². The van der Waals surface area contributed by atoms with Crippen molar-refractivity contribution in [2.24, 2.45) is 0 Å². The van der Waals surface area contributed by atoms with Gasteiger partial charge in [-0.05, 0) is 24.6 Å². The quantitative estimate of drug-likeness (QED) is 0.573. The van der Waals surface area contributed by atoms with Gasteiger partial charge < -0.3 is 14.4 Å². The zero-order valence-electron chi connectivity index (χ0n) is 15.1. The van der Waals surface area contributed by atoms with Crippen LogP contribution in [0.25, 0.3) is 16.9 Å². The summed E-state index contributed by atoms with van der Waals surface area (Å²) in [6.07, 6.45) is 3.31. The second kappa shape index (κ2) is 7.48. The highest BCUT2D eigenvalue weighted by Crippen LogP contribution is 2.19. The Hall–Kier alpha value is -3.74. The molecule has 0 saturated carbocycles. The van der Waals surface area contributed by atoms with E-state index in [9.17, 15) is 9.18 Å². The number of amides is 1. The first-order valence-corrected chi connectivity index (χ1v) is 8.71. The highest BCUT2D eigenvalue weighted by Gasteiger charge is 2.14. The Morgan fingerprint density at radius 3 is 2.71 bits per heavy atom. The number of carbonyl (C=O) groups is 1. The van der Waals surface area contributed by atoms with Crippen molar-refractivity contribution in [1.82, 2.24) is 20.0 Å². The molecule has 0 unspecified atom stereocenters. The number of hydrogen-bond donors (Lipinski definition) is 1. The van der Waals surface area contributed by atoms with Gasteiger partial charge in [-0.25, -0.2) is 9.37 Å². The van der Waals surface area contributed by atoms with Gasteiger partial charge in [-0.3, -0.25) is 4.79 Å². The van der Waals surface area contributed by atoms with Crippen molar-refractivity contribution < 1.29 is 13.7 Å². The summed E-state index contributed by atoms with van der Waals surface area (Å²) in [5.41, 5.74) is 2.48. The maximum absolute atomic E-state index is 14.4. The van der Waals surface area contributed by atoms with Crippen molar-refractivity contribution in [1.29, 1.82) is 0 Å². The molecular formula is C21H17FN4O2. The molecule has 0 saturated heterocycles. The molecule has 0 fully saturated rings. The molecule has 4 aromatic rings. The maximum atomic E-state index is 14.4. The van der Waals surface area contributed by atoms with E-state index >= 15 is 0 Å². The van der Waals surface area contributed by atoms with Crippen LogP contribution in [0, 0.1) is 12.7 Å². The average molecular weight is 376 g/mol. The first-order valence-electron chi connectivity index (χ1n) is 8.71. The Morgan fingerprint density at radius 1 is 1.18 bits per heavy atom. The predicted octanol–water partition coefficient (Wildman–Crippen LogP) is 3.90. The fraction of sp³-hybridized carbons (Fsp3) is 0.0952. The lowest BCUT2D eigenvalue weighted by atomic mass is 10.1. The molecule has 0 aliphatic rings. The third kappa shape index (κ3) is 3.55. The zero-order chi connectivity index (χ0) is 19.5. The van der Waals surface area contributed by atoms with E-state index < -0.39 is 5.91 Å². The van der Waals surface area contributed by atoms with Gasteiger partial charge in [0.05, 0.1) is 5.69 Å². The number of imidazole rings is 1. The van der Waals surface area contributed by atoms with Gasteiger partial charge in [-0.15, -0.1) is 0 Å². The first kappa shape index (κ1) is 17.7. The van der Waals surface area contributed by atoms with Crippen molar-refractivity contribution in [3.05, 3.63) is 90.0 Å². The minimum Gasteiger partial charge on any atom is -0.350 e. The van der Waals surface area contributed by atoms with Gasteiger partial charge in [-0.2, -0.15) is 0 Å². The largest absolute Gasteiger partial charge is 0.350 e. The molecule has 1 N–H and O–H groups in total. The molecule has 0 bridgehead atoms. The monoisotopic (exact) mass is 376 g/mol. The van der Waals surface area contributed by atoms with E-state index in [2.05, 4.69) is 15.5 Å². The van der Waals surface area contributed by atoms with Crippen LogP contribution in [-0.4, -0.2) is 20.6 Å². The van der Waals surface area contributed by atoms with Crippen molar-refractivity contribution in [3.8, 4) is 16.9 Å². The molecule has 0 spiro atoms. The van der Waals surface area contributed by atoms with Crippen LogP contribution in [0.2, 0.25) is 0 Å². The van der Waals surface area contributed by atoms with Crippen LogP contribution in [0.15, 0.2) is 71.5 Å². The fourth-order valence-electron chi connectivity index (χ4n) is 2.88. The van der Waals surface area contributed by atoms with Crippen molar-refractivity contribution in [2.75, 3.05) is 0 Å². The molecule has 2 aromatic carbocycles.